The first-order valence-corrected chi connectivity index (χ1v) is 12.2. The van der Waals surface area contributed by atoms with Gasteiger partial charge in [0.15, 0.2) is 0 Å². The number of fused-ring (bicyclic) bond motifs is 1. The summed E-state index contributed by atoms with van der Waals surface area (Å²) >= 11 is 0. The van der Waals surface area contributed by atoms with Gasteiger partial charge in [-0.15, -0.1) is 0 Å². The summed E-state index contributed by atoms with van der Waals surface area (Å²) in [6, 6.07) is 11.1. The summed E-state index contributed by atoms with van der Waals surface area (Å²) in [4.78, 5) is 2.32. The van der Waals surface area contributed by atoms with Crippen LogP contribution in [-0.2, 0) is 10.0 Å². The van der Waals surface area contributed by atoms with E-state index >= 15 is 0 Å². The molecule has 0 aliphatic carbocycles. The second kappa shape index (κ2) is 14.3. The third-order valence-electron chi connectivity index (χ3n) is 4.71. The Balaban J connectivity index is 0.000000553. The first kappa shape index (κ1) is 26.3. The molecule has 0 radical (unpaired) electrons. The Bertz CT molecular complexity index is 837. The van der Waals surface area contributed by atoms with Gasteiger partial charge >= 0.3 is 0 Å². The zero-order valence-electron chi connectivity index (χ0n) is 18.4. The van der Waals surface area contributed by atoms with Crippen LogP contribution in [-0.4, -0.2) is 48.7 Å². The second-order valence-electron chi connectivity index (χ2n) is 7.41. The number of benzene rings is 2. The van der Waals surface area contributed by atoms with E-state index < -0.39 is 10.0 Å². The van der Waals surface area contributed by atoms with E-state index in [1.165, 1.54) is 6.42 Å². The van der Waals surface area contributed by atoms with E-state index in [0.717, 1.165) is 61.7 Å². The Morgan fingerprint density at radius 2 is 1.30 bits per heavy atom. The van der Waals surface area contributed by atoms with Gasteiger partial charge in [0.1, 0.15) is 0 Å². The number of nitrogens with two attached hydrogens (primary N) is 3. The molecule has 0 aromatic heterocycles. The van der Waals surface area contributed by atoms with Crippen molar-refractivity contribution in [3.05, 3.63) is 36.4 Å². The highest BCUT2D eigenvalue weighted by Crippen LogP contribution is 2.30. The van der Waals surface area contributed by atoms with Crippen molar-refractivity contribution in [2.75, 3.05) is 45.2 Å². The molecule has 0 heterocycles. The maximum Gasteiger partial charge on any atom is 0.241 e. The zero-order chi connectivity index (χ0) is 22.4. The zero-order valence-corrected chi connectivity index (χ0v) is 19.3. The third kappa shape index (κ3) is 8.57. The lowest BCUT2D eigenvalue weighted by Crippen LogP contribution is -2.25. The first-order valence-electron chi connectivity index (χ1n) is 10.7. The maximum absolute atomic E-state index is 12.6. The lowest BCUT2D eigenvalue weighted by Gasteiger charge is -2.17. The van der Waals surface area contributed by atoms with Crippen molar-refractivity contribution < 1.29 is 8.42 Å². The van der Waals surface area contributed by atoms with Crippen molar-refractivity contribution in [3.63, 3.8) is 0 Å². The van der Waals surface area contributed by atoms with Gasteiger partial charge in [-0.25, -0.2) is 13.1 Å². The molecule has 0 bridgehead atoms. The van der Waals surface area contributed by atoms with Crippen LogP contribution in [0, 0.1) is 0 Å². The Labute approximate surface area is 182 Å². The minimum Gasteiger partial charge on any atom is -0.377 e. The Morgan fingerprint density at radius 1 is 0.767 bits per heavy atom. The summed E-state index contributed by atoms with van der Waals surface area (Å²) in [5, 5.41) is 1.68. The summed E-state index contributed by atoms with van der Waals surface area (Å²) < 4.78 is 27.9. The van der Waals surface area contributed by atoms with E-state index in [1.54, 1.807) is 12.1 Å². The summed E-state index contributed by atoms with van der Waals surface area (Å²) in [6.07, 6.45) is 6.08. The van der Waals surface area contributed by atoms with Crippen molar-refractivity contribution in [2.24, 2.45) is 17.2 Å². The standard InChI is InChI=1S/C17H25N3O2S.C5H14N2/c1-20(2)16-10-6-9-15-14(16)8-7-11-17(15)23(21,22)19-13-5-3-4-12-18;6-4-2-1-3-5-7/h6-11,19H,3-5,12-13,18H2,1-2H3;1-7H2. The van der Waals surface area contributed by atoms with Crippen molar-refractivity contribution in [1.82, 2.24) is 4.72 Å². The van der Waals surface area contributed by atoms with E-state index in [9.17, 15) is 8.42 Å². The molecular weight excluding hydrogens is 398 g/mol. The number of unbranched alkanes of at least 4 members (excludes halogenated alkanes) is 4. The molecule has 0 saturated heterocycles. The van der Waals surface area contributed by atoms with Crippen molar-refractivity contribution >= 4 is 26.5 Å². The average molecular weight is 438 g/mol. The number of nitrogens with one attached hydrogen (secondary N) is 1. The molecule has 0 saturated carbocycles. The predicted molar refractivity (Wildman–Crippen MR) is 128 cm³/mol. The molecule has 30 heavy (non-hydrogen) atoms. The van der Waals surface area contributed by atoms with Crippen LogP contribution in [0.5, 0.6) is 0 Å². The van der Waals surface area contributed by atoms with Crippen LogP contribution in [0.2, 0.25) is 0 Å². The predicted octanol–water partition coefficient (Wildman–Crippen LogP) is 2.39. The molecule has 170 valence electrons. The molecule has 0 atom stereocenters. The topological polar surface area (TPSA) is 127 Å². The first-order chi connectivity index (χ1) is 14.4. The van der Waals surface area contributed by atoms with Gasteiger partial charge in [0.25, 0.3) is 0 Å². The number of hydrogen-bond donors (Lipinski definition) is 4. The summed E-state index contributed by atoms with van der Waals surface area (Å²) in [5.41, 5.74) is 16.9. The molecule has 0 spiro atoms. The SMILES string of the molecule is CN(C)c1cccc2c(S(=O)(=O)NCCCCCN)cccc12.NCCCCCN. The van der Waals surface area contributed by atoms with Crippen LogP contribution in [0.25, 0.3) is 10.8 Å². The maximum atomic E-state index is 12.6. The number of hydrogen-bond acceptors (Lipinski definition) is 6. The van der Waals surface area contributed by atoms with Gasteiger partial charge in [0.05, 0.1) is 4.90 Å². The van der Waals surface area contributed by atoms with Gasteiger partial charge in [-0.1, -0.05) is 37.1 Å². The molecule has 8 heteroatoms. The highest BCUT2D eigenvalue weighted by molar-refractivity contribution is 7.89. The number of nitrogens with zero attached hydrogens (tertiary/aromatic N) is 1. The van der Waals surface area contributed by atoms with Gasteiger partial charge < -0.3 is 22.1 Å². The van der Waals surface area contributed by atoms with Crippen LogP contribution in [0.3, 0.4) is 0 Å². The van der Waals surface area contributed by atoms with Crippen molar-refractivity contribution in [2.45, 2.75) is 43.4 Å². The lowest BCUT2D eigenvalue weighted by atomic mass is 10.1. The molecule has 2 aromatic rings. The van der Waals surface area contributed by atoms with E-state index in [1.807, 2.05) is 43.3 Å². The van der Waals surface area contributed by atoms with Gasteiger partial charge in [-0.2, -0.15) is 0 Å². The fourth-order valence-electron chi connectivity index (χ4n) is 3.08. The van der Waals surface area contributed by atoms with Crippen LogP contribution in [0.4, 0.5) is 5.69 Å². The minimum atomic E-state index is -3.52. The highest BCUT2D eigenvalue weighted by Gasteiger charge is 2.17. The largest absolute Gasteiger partial charge is 0.377 e. The third-order valence-corrected chi connectivity index (χ3v) is 6.23. The smallest absolute Gasteiger partial charge is 0.241 e. The molecule has 0 aliphatic rings. The second-order valence-corrected chi connectivity index (χ2v) is 9.14. The molecular formula is C22H39N5O2S. The van der Waals surface area contributed by atoms with Crippen LogP contribution in [0.15, 0.2) is 41.3 Å². The van der Waals surface area contributed by atoms with Gasteiger partial charge in [0, 0.05) is 37.1 Å². The Hall–Kier alpha value is -1.71. The van der Waals surface area contributed by atoms with E-state index in [0.29, 0.717) is 18.0 Å². The quantitative estimate of drug-likeness (QED) is 0.378. The van der Waals surface area contributed by atoms with Gasteiger partial charge in [0.2, 0.25) is 10.0 Å². The molecule has 2 aromatic carbocycles. The van der Waals surface area contributed by atoms with Crippen LogP contribution in [0.1, 0.15) is 38.5 Å². The molecule has 2 rings (SSSR count). The van der Waals surface area contributed by atoms with Crippen LogP contribution < -0.4 is 26.8 Å². The minimum absolute atomic E-state index is 0.331. The molecule has 0 aliphatic heterocycles. The fourth-order valence-corrected chi connectivity index (χ4v) is 4.38. The van der Waals surface area contributed by atoms with Crippen LogP contribution >= 0.6 is 0 Å². The Morgan fingerprint density at radius 3 is 1.87 bits per heavy atom. The lowest BCUT2D eigenvalue weighted by molar-refractivity contribution is 0.576. The average Bonchev–Trinajstić information content (AvgIpc) is 2.73. The van der Waals surface area contributed by atoms with Gasteiger partial charge in [-0.05, 0) is 57.5 Å². The molecule has 0 unspecified atom stereocenters. The summed E-state index contributed by atoms with van der Waals surface area (Å²) in [7, 11) is 0.384. The normalized spacial score (nSPS) is 11.2. The molecule has 7 nitrogen and oxygen atoms in total. The number of anilines is 1. The van der Waals surface area contributed by atoms with E-state index in [4.69, 9.17) is 17.2 Å². The number of rotatable bonds is 12. The fraction of sp³-hybridized carbons (Fsp3) is 0.545. The number of sulfonamides is 1. The highest BCUT2D eigenvalue weighted by atomic mass is 32.2. The molecule has 0 fully saturated rings. The summed E-state index contributed by atoms with van der Waals surface area (Å²) in [5.74, 6) is 0. The molecule has 0 amide bonds. The summed E-state index contributed by atoms with van der Waals surface area (Å²) in [6.45, 7) is 2.69. The van der Waals surface area contributed by atoms with Crippen molar-refractivity contribution in [3.8, 4) is 0 Å². The molecule has 7 N–H and O–H groups in total. The van der Waals surface area contributed by atoms with E-state index in [-0.39, 0.29) is 0 Å². The monoisotopic (exact) mass is 437 g/mol. The Kier molecular flexibility index (Phi) is 12.6. The van der Waals surface area contributed by atoms with Gasteiger partial charge in [-0.3, -0.25) is 0 Å². The van der Waals surface area contributed by atoms with Crippen molar-refractivity contribution in [1.29, 1.82) is 0 Å². The van der Waals surface area contributed by atoms with E-state index in [2.05, 4.69) is 4.72 Å².